The number of hydrogen-bond acceptors (Lipinski definition) is 4. The maximum absolute atomic E-state index is 10.3. The van der Waals surface area contributed by atoms with Gasteiger partial charge in [0.1, 0.15) is 0 Å². The Hall–Kier alpha value is -0.450. The monoisotopic (exact) mass is 257 g/mol. The summed E-state index contributed by atoms with van der Waals surface area (Å²) in [5.41, 5.74) is 0.272. The van der Waals surface area contributed by atoms with Gasteiger partial charge in [0.05, 0.1) is 22.4 Å². The number of hydrogen-bond donors (Lipinski definition) is 1. The molecule has 0 saturated carbocycles. The predicted molar refractivity (Wildman–Crippen MR) is 71.6 cm³/mol. The molecule has 4 heteroatoms. The molecule has 0 radical (unpaired) electrons. The summed E-state index contributed by atoms with van der Waals surface area (Å²) in [6, 6.07) is 0. The topological polar surface area (TPSA) is 42.4 Å². The minimum Gasteiger partial charge on any atom is -0.387 e. The summed E-state index contributed by atoms with van der Waals surface area (Å²) >= 11 is 1.60. The molecule has 0 aliphatic rings. The van der Waals surface area contributed by atoms with Crippen molar-refractivity contribution >= 4 is 11.3 Å². The highest BCUT2D eigenvalue weighted by Gasteiger charge is 2.30. The van der Waals surface area contributed by atoms with Crippen molar-refractivity contribution < 1.29 is 9.84 Å². The van der Waals surface area contributed by atoms with Gasteiger partial charge in [-0.1, -0.05) is 20.8 Å². The smallest absolute Gasteiger partial charge is 0.0958 e. The second kappa shape index (κ2) is 5.04. The van der Waals surface area contributed by atoms with E-state index in [0.29, 0.717) is 6.42 Å². The van der Waals surface area contributed by atoms with Gasteiger partial charge in [-0.15, -0.1) is 11.3 Å². The van der Waals surface area contributed by atoms with Crippen LogP contribution in [0.5, 0.6) is 0 Å². The zero-order chi connectivity index (χ0) is 13.3. The molecule has 0 aliphatic heterocycles. The van der Waals surface area contributed by atoms with Crippen LogP contribution in [0.4, 0.5) is 0 Å². The second-order valence-electron chi connectivity index (χ2n) is 5.79. The first-order valence-electron chi connectivity index (χ1n) is 5.87. The third kappa shape index (κ3) is 3.76. The van der Waals surface area contributed by atoms with Gasteiger partial charge < -0.3 is 9.84 Å². The highest BCUT2D eigenvalue weighted by Crippen LogP contribution is 2.27. The van der Waals surface area contributed by atoms with Crippen molar-refractivity contribution in [1.82, 2.24) is 4.98 Å². The van der Waals surface area contributed by atoms with Gasteiger partial charge in [0, 0.05) is 24.3 Å². The van der Waals surface area contributed by atoms with Crippen LogP contribution in [-0.2, 0) is 16.6 Å². The molecular formula is C13H23NO2S. The summed E-state index contributed by atoms with van der Waals surface area (Å²) in [6.45, 7) is 10.1. The Morgan fingerprint density at radius 3 is 2.41 bits per heavy atom. The third-order valence-electron chi connectivity index (χ3n) is 3.06. The lowest BCUT2D eigenvalue weighted by molar-refractivity contribution is -0.0716. The lowest BCUT2D eigenvalue weighted by Crippen LogP contribution is -2.40. The van der Waals surface area contributed by atoms with Gasteiger partial charge in [0.25, 0.3) is 0 Å². The van der Waals surface area contributed by atoms with Crippen molar-refractivity contribution in [3.05, 3.63) is 16.1 Å². The molecule has 17 heavy (non-hydrogen) atoms. The summed E-state index contributed by atoms with van der Waals surface area (Å²) in [6.07, 6.45) is 0.326. The molecule has 2 unspecified atom stereocenters. The molecule has 1 aromatic rings. The largest absolute Gasteiger partial charge is 0.387 e. The van der Waals surface area contributed by atoms with E-state index in [2.05, 4.69) is 31.1 Å². The van der Waals surface area contributed by atoms with E-state index in [1.807, 2.05) is 6.92 Å². The van der Waals surface area contributed by atoms with Gasteiger partial charge in [-0.05, 0) is 13.8 Å². The van der Waals surface area contributed by atoms with Gasteiger partial charge >= 0.3 is 0 Å². The van der Waals surface area contributed by atoms with E-state index >= 15 is 0 Å². The van der Waals surface area contributed by atoms with Gasteiger partial charge in [0.15, 0.2) is 0 Å². The molecule has 3 nitrogen and oxygen atoms in total. The van der Waals surface area contributed by atoms with Crippen molar-refractivity contribution in [2.75, 3.05) is 7.11 Å². The van der Waals surface area contributed by atoms with Crippen LogP contribution in [0.2, 0.25) is 0 Å². The Labute approximate surface area is 108 Å². The molecule has 2 atom stereocenters. The minimum absolute atomic E-state index is 0.0630. The van der Waals surface area contributed by atoms with Crippen LogP contribution < -0.4 is 0 Å². The Balaban J connectivity index is 2.79. The zero-order valence-corrected chi connectivity index (χ0v) is 12.4. The molecule has 1 N–H and O–H groups in total. The molecule has 0 aromatic carbocycles. The fourth-order valence-corrected chi connectivity index (χ4v) is 2.62. The van der Waals surface area contributed by atoms with E-state index in [1.54, 1.807) is 25.4 Å². The molecule has 0 fully saturated rings. The van der Waals surface area contributed by atoms with Crippen LogP contribution in [0.15, 0.2) is 5.38 Å². The molecule has 0 aliphatic carbocycles. The van der Waals surface area contributed by atoms with Gasteiger partial charge in [-0.3, -0.25) is 0 Å². The van der Waals surface area contributed by atoms with E-state index in [-0.39, 0.29) is 11.5 Å². The number of aliphatic hydroxyl groups is 1. The first-order valence-corrected chi connectivity index (χ1v) is 6.75. The first-order chi connectivity index (χ1) is 7.66. The number of methoxy groups -OCH3 is 1. The summed E-state index contributed by atoms with van der Waals surface area (Å²) in [5.74, 6) is 0. The molecule has 98 valence electrons. The van der Waals surface area contributed by atoms with Crippen LogP contribution in [0.3, 0.4) is 0 Å². The fraction of sp³-hybridized carbons (Fsp3) is 0.769. The SMILES string of the molecule is COC(C)C(C)(O)Cc1nc(C(C)(C)C)cs1. The molecule has 1 rings (SSSR count). The van der Waals surface area contributed by atoms with E-state index < -0.39 is 5.60 Å². The minimum atomic E-state index is -0.873. The van der Waals surface area contributed by atoms with Crippen LogP contribution in [0, 0.1) is 0 Å². The number of ether oxygens (including phenoxy) is 1. The highest BCUT2D eigenvalue weighted by molar-refractivity contribution is 7.09. The van der Waals surface area contributed by atoms with E-state index in [0.717, 1.165) is 10.7 Å². The van der Waals surface area contributed by atoms with Gasteiger partial charge in [0.2, 0.25) is 0 Å². The Morgan fingerprint density at radius 2 is 2.00 bits per heavy atom. The van der Waals surface area contributed by atoms with E-state index in [1.165, 1.54) is 0 Å². The summed E-state index contributed by atoms with van der Waals surface area (Å²) < 4.78 is 5.19. The molecule has 0 amide bonds. The van der Waals surface area contributed by atoms with Crippen molar-refractivity contribution in [1.29, 1.82) is 0 Å². The van der Waals surface area contributed by atoms with E-state index in [4.69, 9.17) is 4.74 Å². The van der Waals surface area contributed by atoms with Gasteiger partial charge in [-0.2, -0.15) is 0 Å². The van der Waals surface area contributed by atoms with Crippen molar-refractivity contribution in [3.8, 4) is 0 Å². The van der Waals surface area contributed by atoms with Crippen LogP contribution in [0.25, 0.3) is 0 Å². The Kier molecular flexibility index (Phi) is 4.33. The maximum Gasteiger partial charge on any atom is 0.0958 e. The molecule has 0 bridgehead atoms. The third-order valence-corrected chi connectivity index (χ3v) is 3.91. The van der Waals surface area contributed by atoms with Crippen molar-refractivity contribution in [3.63, 3.8) is 0 Å². The standard InChI is InChI=1S/C13H23NO2S/c1-9(16-6)13(5,15)7-11-14-10(8-17-11)12(2,3)4/h8-9,15H,7H2,1-6H3. The van der Waals surface area contributed by atoms with Crippen LogP contribution in [-0.4, -0.2) is 28.9 Å². The number of rotatable bonds is 4. The highest BCUT2D eigenvalue weighted by atomic mass is 32.1. The van der Waals surface area contributed by atoms with Crippen LogP contribution in [0.1, 0.15) is 45.3 Å². The maximum atomic E-state index is 10.3. The normalized spacial score (nSPS) is 17.8. The molecular weight excluding hydrogens is 234 g/mol. The quantitative estimate of drug-likeness (QED) is 0.902. The Morgan fingerprint density at radius 1 is 1.41 bits per heavy atom. The van der Waals surface area contributed by atoms with E-state index in [9.17, 15) is 5.11 Å². The van der Waals surface area contributed by atoms with Crippen molar-refractivity contribution in [2.45, 2.75) is 58.2 Å². The van der Waals surface area contributed by atoms with Gasteiger partial charge in [-0.25, -0.2) is 4.98 Å². The molecule has 0 spiro atoms. The Bertz CT molecular complexity index is 366. The first kappa shape index (κ1) is 14.6. The molecule has 1 aromatic heterocycles. The zero-order valence-electron chi connectivity index (χ0n) is 11.6. The second-order valence-corrected chi connectivity index (χ2v) is 6.73. The number of thiazole rings is 1. The average Bonchev–Trinajstić information content (AvgIpc) is 2.63. The number of nitrogens with zero attached hydrogens (tertiary/aromatic N) is 1. The average molecular weight is 257 g/mol. The molecule has 0 saturated heterocycles. The summed E-state index contributed by atoms with van der Waals surface area (Å²) in [5, 5.41) is 13.3. The van der Waals surface area contributed by atoms with Crippen LogP contribution >= 0.6 is 11.3 Å². The lowest BCUT2D eigenvalue weighted by atomic mass is 9.93. The lowest BCUT2D eigenvalue weighted by Gasteiger charge is -2.28. The van der Waals surface area contributed by atoms with Crippen molar-refractivity contribution in [2.24, 2.45) is 0 Å². The fourth-order valence-electron chi connectivity index (χ4n) is 1.44. The predicted octanol–water partition coefficient (Wildman–Crippen LogP) is 2.77. The number of aromatic nitrogens is 1. The summed E-state index contributed by atoms with van der Waals surface area (Å²) in [4.78, 5) is 4.59. The summed E-state index contributed by atoms with van der Waals surface area (Å²) in [7, 11) is 1.61. The molecule has 1 heterocycles.